The molecule has 0 bridgehead atoms. The van der Waals surface area contributed by atoms with E-state index >= 15 is 0 Å². The first-order valence-electron chi connectivity index (χ1n) is 7.05. The SMILES string of the molecule is CCOc1c(F)cccc1C(=O)N1CCC(NC)CC1. The fourth-order valence-electron chi connectivity index (χ4n) is 2.51. The maximum absolute atomic E-state index is 13.8. The summed E-state index contributed by atoms with van der Waals surface area (Å²) in [6.07, 6.45) is 1.84. The second-order valence-corrected chi connectivity index (χ2v) is 4.90. The number of piperidine rings is 1. The molecule has 1 heterocycles. The zero-order valence-electron chi connectivity index (χ0n) is 12.0. The maximum atomic E-state index is 13.8. The van der Waals surface area contributed by atoms with Crippen LogP contribution in [0.5, 0.6) is 5.75 Å². The molecule has 1 aromatic carbocycles. The predicted molar refractivity (Wildman–Crippen MR) is 75.6 cm³/mol. The van der Waals surface area contributed by atoms with Gasteiger partial charge in [0.1, 0.15) is 0 Å². The summed E-state index contributed by atoms with van der Waals surface area (Å²) in [6, 6.07) is 4.94. The second-order valence-electron chi connectivity index (χ2n) is 4.90. The Morgan fingerprint density at radius 1 is 1.45 bits per heavy atom. The molecule has 110 valence electrons. The third kappa shape index (κ3) is 3.10. The largest absolute Gasteiger partial charge is 0.490 e. The van der Waals surface area contributed by atoms with Crippen LogP contribution in [0.25, 0.3) is 0 Å². The van der Waals surface area contributed by atoms with E-state index in [1.165, 1.54) is 6.07 Å². The number of rotatable bonds is 4. The minimum absolute atomic E-state index is 0.0655. The van der Waals surface area contributed by atoms with Gasteiger partial charge >= 0.3 is 0 Å². The van der Waals surface area contributed by atoms with Crippen LogP contribution in [0.2, 0.25) is 0 Å². The average Bonchev–Trinajstić information content (AvgIpc) is 2.49. The molecular formula is C15H21FN2O2. The number of benzene rings is 1. The van der Waals surface area contributed by atoms with Gasteiger partial charge in [0.05, 0.1) is 12.2 Å². The number of carbonyl (C=O) groups excluding carboxylic acids is 1. The smallest absolute Gasteiger partial charge is 0.257 e. The average molecular weight is 280 g/mol. The van der Waals surface area contributed by atoms with E-state index in [0.29, 0.717) is 31.3 Å². The lowest BCUT2D eigenvalue weighted by Crippen LogP contribution is -2.44. The van der Waals surface area contributed by atoms with E-state index in [2.05, 4.69) is 5.32 Å². The molecule has 1 aliphatic heterocycles. The fourth-order valence-corrected chi connectivity index (χ4v) is 2.51. The molecular weight excluding hydrogens is 259 g/mol. The molecule has 1 amide bonds. The van der Waals surface area contributed by atoms with E-state index < -0.39 is 5.82 Å². The molecule has 4 nitrogen and oxygen atoms in total. The summed E-state index contributed by atoms with van der Waals surface area (Å²) >= 11 is 0. The number of amides is 1. The van der Waals surface area contributed by atoms with Crippen molar-refractivity contribution in [2.45, 2.75) is 25.8 Å². The summed E-state index contributed by atoms with van der Waals surface area (Å²) in [5, 5.41) is 3.22. The molecule has 0 aromatic heterocycles. The van der Waals surface area contributed by atoms with Gasteiger partial charge < -0.3 is 15.0 Å². The van der Waals surface area contributed by atoms with Crippen molar-refractivity contribution in [3.8, 4) is 5.75 Å². The molecule has 1 fully saturated rings. The first kappa shape index (κ1) is 14.8. The van der Waals surface area contributed by atoms with Crippen LogP contribution in [0, 0.1) is 5.82 Å². The molecule has 2 rings (SSSR count). The van der Waals surface area contributed by atoms with Crippen LogP contribution in [0.3, 0.4) is 0 Å². The van der Waals surface area contributed by atoms with Crippen LogP contribution in [0.4, 0.5) is 4.39 Å². The summed E-state index contributed by atoms with van der Waals surface area (Å²) < 4.78 is 19.1. The maximum Gasteiger partial charge on any atom is 0.257 e. The van der Waals surface area contributed by atoms with Gasteiger partial charge in [-0.2, -0.15) is 0 Å². The van der Waals surface area contributed by atoms with Crippen molar-refractivity contribution in [3.05, 3.63) is 29.6 Å². The van der Waals surface area contributed by atoms with E-state index in [1.807, 2.05) is 7.05 Å². The van der Waals surface area contributed by atoms with Crippen LogP contribution in [-0.2, 0) is 0 Å². The normalized spacial score (nSPS) is 16.2. The molecule has 5 heteroatoms. The molecule has 0 spiro atoms. The Labute approximate surface area is 118 Å². The van der Waals surface area contributed by atoms with Crippen molar-refractivity contribution in [1.82, 2.24) is 10.2 Å². The van der Waals surface area contributed by atoms with Crippen molar-refractivity contribution in [3.63, 3.8) is 0 Å². The molecule has 1 aliphatic rings. The van der Waals surface area contributed by atoms with E-state index in [9.17, 15) is 9.18 Å². The zero-order valence-corrected chi connectivity index (χ0v) is 12.0. The molecule has 0 saturated carbocycles. The number of nitrogens with zero attached hydrogens (tertiary/aromatic N) is 1. The van der Waals surface area contributed by atoms with Crippen molar-refractivity contribution < 1.29 is 13.9 Å². The van der Waals surface area contributed by atoms with Crippen LogP contribution in [0.1, 0.15) is 30.1 Å². The van der Waals surface area contributed by atoms with Gasteiger partial charge in [0.25, 0.3) is 5.91 Å². The number of ether oxygens (including phenoxy) is 1. The summed E-state index contributed by atoms with van der Waals surface area (Å²) in [4.78, 5) is 14.3. The molecule has 0 atom stereocenters. The summed E-state index contributed by atoms with van der Waals surface area (Å²) in [7, 11) is 1.93. The predicted octanol–water partition coefficient (Wildman–Crippen LogP) is 2.05. The van der Waals surface area contributed by atoms with Crippen molar-refractivity contribution in [2.24, 2.45) is 0 Å². The summed E-state index contributed by atoms with van der Waals surface area (Å²) in [6.45, 7) is 3.49. The van der Waals surface area contributed by atoms with Gasteiger partial charge in [-0.1, -0.05) is 6.07 Å². The fraction of sp³-hybridized carbons (Fsp3) is 0.533. The second kappa shape index (κ2) is 6.70. The van der Waals surface area contributed by atoms with E-state index in [4.69, 9.17) is 4.74 Å². The number of halogens is 1. The van der Waals surface area contributed by atoms with Crippen LogP contribution in [-0.4, -0.2) is 43.6 Å². The topological polar surface area (TPSA) is 41.6 Å². The molecule has 20 heavy (non-hydrogen) atoms. The molecule has 0 aliphatic carbocycles. The van der Waals surface area contributed by atoms with Gasteiger partial charge in [-0.25, -0.2) is 4.39 Å². The van der Waals surface area contributed by atoms with Crippen LogP contribution in [0.15, 0.2) is 18.2 Å². The zero-order chi connectivity index (χ0) is 14.5. The third-order valence-electron chi connectivity index (χ3n) is 3.68. The highest BCUT2D eigenvalue weighted by atomic mass is 19.1. The third-order valence-corrected chi connectivity index (χ3v) is 3.68. The quantitative estimate of drug-likeness (QED) is 0.918. The Morgan fingerprint density at radius 2 is 2.15 bits per heavy atom. The number of para-hydroxylation sites is 1. The Kier molecular flexibility index (Phi) is 4.95. The highest BCUT2D eigenvalue weighted by molar-refractivity contribution is 5.97. The van der Waals surface area contributed by atoms with Gasteiger partial charge in [0, 0.05) is 19.1 Å². The Bertz CT molecular complexity index is 471. The van der Waals surface area contributed by atoms with Crippen molar-refractivity contribution in [1.29, 1.82) is 0 Å². The minimum Gasteiger partial charge on any atom is -0.490 e. The lowest BCUT2D eigenvalue weighted by molar-refractivity contribution is 0.0702. The van der Waals surface area contributed by atoms with E-state index in [1.54, 1.807) is 24.0 Å². The van der Waals surface area contributed by atoms with Gasteiger partial charge in [-0.15, -0.1) is 0 Å². The highest BCUT2D eigenvalue weighted by Crippen LogP contribution is 2.25. The number of nitrogens with one attached hydrogen (secondary N) is 1. The molecule has 1 saturated heterocycles. The Balaban J connectivity index is 2.15. The van der Waals surface area contributed by atoms with Crippen LogP contribution < -0.4 is 10.1 Å². The highest BCUT2D eigenvalue weighted by Gasteiger charge is 2.25. The van der Waals surface area contributed by atoms with Gasteiger partial charge in [0.2, 0.25) is 0 Å². The summed E-state index contributed by atoms with van der Waals surface area (Å²) in [5.41, 5.74) is 0.315. The number of hydrogen-bond acceptors (Lipinski definition) is 3. The first-order valence-corrected chi connectivity index (χ1v) is 7.05. The van der Waals surface area contributed by atoms with Crippen LogP contribution >= 0.6 is 0 Å². The molecule has 0 radical (unpaired) electrons. The Morgan fingerprint density at radius 3 is 2.75 bits per heavy atom. The number of carbonyl (C=O) groups is 1. The van der Waals surface area contributed by atoms with Gasteiger partial charge in [-0.3, -0.25) is 4.79 Å². The van der Waals surface area contributed by atoms with Gasteiger partial charge in [-0.05, 0) is 38.9 Å². The van der Waals surface area contributed by atoms with Gasteiger partial charge in [0.15, 0.2) is 11.6 Å². The van der Waals surface area contributed by atoms with E-state index in [-0.39, 0.29) is 11.7 Å². The lowest BCUT2D eigenvalue weighted by Gasteiger charge is -2.32. The number of hydrogen-bond donors (Lipinski definition) is 1. The minimum atomic E-state index is -0.484. The molecule has 1 aromatic rings. The molecule has 1 N–H and O–H groups in total. The van der Waals surface area contributed by atoms with Crippen molar-refractivity contribution >= 4 is 5.91 Å². The number of likely N-dealkylation sites (tertiary alicyclic amines) is 1. The molecule has 0 unspecified atom stereocenters. The first-order chi connectivity index (χ1) is 9.67. The summed E-state index contributed by atoms with van der Waals surface area (Å²) in [5.74, 6) is -0.568. The standard InChI is InChI=1S/C15H21FN2O2/c1-3-20-14-12(5-4-6-13(14)16)15(19)18-9-7-11(17-2)8-10-18/h4-6,11,17H,3,7-10H2,1-2H3. The van der Waals surface area contributed by atoms with E-state index in [0.717, 1.165) is 12.8 Å². The van der Waals surface area contributed by atoms with Crippen molar-refractivity contribution in [2.75, 3.05) is 26.7 Å². The monoisotopic (exact) mass is 280 g/mol. The lowest BCUT2D eigenvalue weighted by atomic mass is 10.0. The Hall–Kier alpha value is -1.62.